The van der Waals surface area contributed by atoms with Gasteiger partial charge >= 0.3 is 0 Å². The Bertz CT molecular complexity index is 769. The zero-order valence-electron chi connectivity index (χ0n) is 13.6. The maximum atomic E-state index is 12.5. The molecule has 1 N–H and O–H groups in total. The Morgan fingerprint density at radius 1 is 1.35 bits per heavy atom. The van der Waals surface area contributed by atoms with Gasteiger partial charge in [-0.3, -0.25) is 4.68 Å². The van der Waals surface area contributed by atoms with Crippen LogP contribution < -0.4 is 4.72 Å². The van der Waals surface area contributed by atoms with Gasteiger partial charge in [-0.1, -0.05) is 0 Å². The molecule has 0 unspecified atom stereocenters. The summed E-state index contributed by atoms with van der Waals surface area (Å²) in [4.78, 5) is 0.0844. The quantitative estimate of drug-likeness (QED) is 0.685. The van der Waals surface area contributed by atoms with Gasteiger partial charge in [0, 0.05) is 27.1 Å². The Labute approximate surface area is 136 Å². The predicted molar refractivity (Wildman–Crippen MR) is 83.8 cm³/mol. The van der Waals surface area contributed by atoms with Crippen molar-refractivity contribution in [1.29, 1.82) is 0 Å². The lowest BCUT2D eigenvalue weighted by atomic mass is 10.1. The van der Waals surface area contributed by atoms with E-state index in [1.165, 1.54) is 25.0 Å². The minimum absolute atomic E-state index is 0.0844. The first kappa shape index (κ1) is 18.3. The molecule has 0 amide bonds. The molecule has 0 aromatic carbocycles. The van der Waals surface area contributed by atoms with Crippen LogP contribution in [0.25, 0.3) is 0 Å². The molecule has 2 atom stereocenters. The van der Waals surface area contributed by atoms with Gasteiger partial charge in [0.2, 0.25) is 20.0 Å². The molecule has 1 saturated heterocycles. The minimum Gasteiger partial charge on any atom is -0.379 e. The van der Waals surface area contributed by atoms with E-state index in [1.807, 2.05) is 0 Å². The average molecular weight is 366 g/mol. The Balaban J connectivity index is 2.17. The highest BCUT2D eigenvalue weighted by atomic mass is 32.2. The monoisotopic (exact) mass is 366 g/mol. The van der Waals surface area contributed by atoms with E-state index in [-0.39, 0.29) is 23.9 Å². The first-order valence-corrected chi connectivity index (χ1v) is 10.1. The van der Waals surface area contributed by atoms with Crippen molar-refractivity contribution in [2.75, 3.05) is 33.1 Å². The average Bonchev–Trinajstić information content (AvgIpc) is 2.97. The molecule has 11 heteroatoms. The number of aromatic nitrogens is 2. The van der Waals surface area contributed by atoms with Gasteiger partial charge in [-0.2, -0.15) is 5.10 Å². The van der Waals surface area contributed by atoms with Crippen LogP contribution in [0.3, 0.4) is 0 Å². The summed E-state index contributed by atoms with van der Waals surface area (Å²) in [6.07, 6.45) is 1.28. The molecular formula is C12H22N4O5S2. The zero-order valence-corrected chi connectivity index (χ0v) is 15.2. The van der Waals surface area contributed by atoms with Crippen LogP contribution in [-0.2, 0) is 31.8 Å². The summed E-state index contributed by atoms with van der Waals surface area (Å²) in [6, 6.07) is -0.589. The first-order valence-electron chi connectivity index (χ1n) is 7.03. The Hall–Kier alpha value is -1.01. The molecule has 2 heterocycles. The molecule has 1 fully saturated rings. The maximum absolute atomic E-state index is 12.5. The second kappa shape index (κ2) is 6.48. The molecule has 2 rings (SSSR count). The highest BCUT2D eigenvalue weighted by molar-refractivity contribution is 7.89. The number of hydrogen-bond acceptors (Lipinski definition) is 6. The second-order valence-electron chi connectivity index (χ2n) is 5.80. The standard InChI is InChI=1S/C12H22N4O5S2/c1-9-12(5-13-16(9)4)23(19,20)14-11-7-21-6-10(11)8-22(17,18)15(2)3/h5,10-11,14H,6-8H2,1-4H3/t10-,11+/m0/s1. The van der Waals surface area contributed by atoms with E-state index >= 15 is 0 Å². The highest BCUT2D eigenvalue weighted by Gasteiger charge is 2.36. The summed E-state index contributed by atoms with van der Waals surface area (Å²) >= 11 is 0. The molecule has 0 spiro atoms. The maximum Gasteiger partial charge on any atom is 0.244 e. The summed E-state index contributed by atoms with van der Waals surface area (Å²) in [5.74, 6) is -0.603. The number of ether oxygens (including phenoxy) is 1. The molecule has 0 bridgehead atoms. The summed E-state index contributed by atoms with van der Waals surface area (Å²) in [7, 11) is -2.67. The predicted octanol–water partition coefficient (Wildman–Crippen LogP) is -1.09. The van der Waals surface area contributed by atoms with Crippen LogP contribution >= 0.6 is 0 Å². The molecule has 0 aliphatic carbocycles. The molecule has 23 heavy (non-hydrogen) atoms. The van der Waals surface area contributed by atoms with E-state index in [9.17, 15) is 16.8 Å². The number of nitrogens with one attached hydrogen (secondary N) is 1. The van der Waals surface area contributed by atoms with Crippen molar-refractivity contribution in [3.05, 3.63) is 11.9 Å². The number of rotatable bonds is 6. The van der Waals surface area contributed by atoms with E-state index in [0.29, 0.717) is 5.69 Å². The lowest BCUT2D eigenvalue weighted by Gasteiger charge is -2.20. The highest BCUT2D eigenvalue weighted by Crippen LogP contribution is 2.21. The van der Waals surface area contributed by atoms with Crippen molar-refractivity contribution in [3.8, 4) is 0 Å². The molecule has 1 aliphatic rings. The van der Waals surface area contributed by atoms with Crippen LogP contribution in [0.4, 0.5) is 0 Å². The van der Waals surface area contributed by atoms with Gasteiger partial charge in [0.05, 0.1) is 36.9 Å². The number of sulfonamides is 2. The van der Waals surface area contributed by atoms with Gasteiger partial charge < -0.3 is 4.74 Å². The molecule has 0 radical (unpaired) electrons. The van der Waals surface area contributed by atoms with Crippen molar-refractivity contribution in [2.24, 2.45) is 13.0 Å². The van der Waals surface area contributed by atoms with Crippen molar-refractivity contribution in [3.63, 3.8) is 0 Å². The van der Waals surface area contributed by atoms with Gasteiger partial charge in [-0.15, -0.1) is 0 Å². The summed E-state index contributed by atoms with van der Waals surface area (Å²) in [5, 5.41) is 3.92. The Kier molecular flexibility index (Phi) is 5.16. The fourth-order valence-corrected chi connectivity index (χ4v) is 4.98. The van der Waals surface area contributed by atoms with Crippen molar-refractivity contribution in [2.45, 2.75) is 17.9 Å². The molecule has 1 aliphatic heterocycles. The van der Waals surface area contributed by atoms with Gasteiger partial charge in [-0.05, 0) is 6.92 Å². The normalized spacial score (nSPS) is 22.8. The lowest BCUT2D eigenvalue weighted by Crippen LogP contribution is -2.43. The fraction of sp³-hybridized carbons (Fsp3) is 0.750. The van der Waals surface area contributed by atoms with Gasteiger partial charge in [0.15, 0.2) is 0 Å². The third-order valence-electron chi connectivity index (χ3n) is 3.97. The fourth-order valence-electron chi connectivity index (χ4n) is 2.32. The van der Waals surface area contributed by atoms with Crippen molar-refractivity contribution < 1.29 is 21.6 Å². The molecule has 132 valence electrons. The summed E-state index contributed by atoms with van der Waals surface area (Å²) in [6.45, 7) is 2.00. The summed E-state index contributed by atoms with van der Waals surface area (Å²) < 4.78 is 59.4. The van der Waals surface area contributed by atoms with E-state index in [1.54, 1.807) is 14.0 Å². The van der Waals surface area contributed by atoms with Crippen LogP contribution in [0.1, 0.15) is 5.69 Å². The van der Waals surface area contributed by atoms with Crippen LogP contribution in [0, 0.1) is 12.8 Å². The minimum atomic E-state index is -3.78. The lowest BCUT2D eigenvalue weighted by molar-refractivity contribution is 0.185. The third kappa shape index (κ3) is 3.91. The SMILES string of the molecule is Cc1c(S(=O)(=O)N[C@@H]2COC[C@H]2CS(=O)(=O)N(C)C)cnn1C. The Morgan fingerprint density at radius 3 is 2.52 bits per heavy atom. The van der Waals surface area contributed by atoms with E-state index in [0.717, 1.165) is 4.31 Å². The summed E-state index contributed by atoms with van der Waals surface area (Å²) in [5.41, 5.74) is 0.508. The number of nitrogens with zero attached hydrogens (tertiary/aromatic N) is 3. The van der Waals surface area contributed by atoms with E-state index in [2.05, 4.69) is 9.82 Å². The topological polar surface area (TPSA) is 111 Å². The van der Waals surface area contributed by atoms with Crippen LogP contribution in [0.15, 0.2) is 11.1 Å². The van der Waals surface area contributed by atoms with Crippen molar-refractivity contribution >= 4 is 20.0 Å². The molecule has 9 nitrogen and oxygen atoms in total. The van der Waals surface area contributed by atoms with Crippen LogP contribution in [0.5, 0.6) is 0 Å². The molecule has 1 aromatic rings. The first-order chi connectivity index (χ1) is 10.5. The van der Waals surface area contributed by atoms with Gasteiger partial charge in [0.1, 0.15) is 4.90 Å². The Morgan fingerprint density at radius 2 is 2.00 bits per heavy atom. The molecule has 0 saturated carbocycles. The zero-order chi connectivity index (χ0) is 17.4. The third-order valence-corrected chi connectivity index (χ3v) is 7.52. The van der Waals surface area contributed by atoms with Crippen molar-refractivity contribution in [1.82, 2.24) is 18.8 Å². The van der Waals surface area contributed by atoms with E-state index < -0.39 is 32.0 Å². The van der Waals surface area contributed by atoms with Gasteiger partial charge in [-0.25, -0.2) is 25.9 Å². The number of hydrogen-bond donors (Lipinski definition) is 1. The van der Waals surface area contributed by atoms with E-state index in [4.69, 9.17) is 4.74 Å². The molecule has 1 aromatic heterocycles. The second-order valence-corrected chi connectivity index (χ2v) is 9.71. The molecular weight excluding hydrogens is 344 g/mol. The van der Waals surface area contributed by atoms with Crippen LogP contribution in [-0.4, -0.2) is 70.0 Å². The van der Waals surface area contributed by atoms with Gasteiger partial charge in [0.25, 0.3) is 0 Å². The largest absolute Gasteiger partial charge is 0.379 e. The smallest absolute Gasteiger partial charge is 0.244 e. The van der Waals surface area contributed by atoms with Crippen LogP contribution in [0.2, 0.25) is 0 Å². The number of aryl methyl sites for hydroxylation is 1.